The molecule has 0 bridgehead atoms. The summed E-state index contributed by atoms with van der Waals surface area (Å²) >= 11 is 0. The summed E-state index contributed by atoms with van der Waals surface area (Å²) < 4.78 is 56.9. The van der Waals surface area contributed by atoms with Gasteiger partial charge in [0.1, 0.15) is 12.0 Å². The van der Waals surface area contributed by atoms with E-state index in [0.717, 1.165) is 12.1 Å². The molecule has 0 aliphatic carbocycles. The molecule has 8 nitrogen and oxygen atoms in total. The summed E-state index contributed by atoms with van der Waals surface area (Å²) in [6.45, 7) is 3.32. The van der Waals surface area contributed by atoms with Gasteiger partial charge in [0, 0.05) is 47.9 Å². The van der Waals surface area contributed by atoms with Crippen molar-refractivity contribution in [2.45, 2.75) is 31.1 Å². The third kappa shape index (κ3) is 3.13. The second-order valence-electron chi connectivity index (χ2n) is 8.58. The van der Waals surface area contributed by atoms with Gasteiger partial charge in [0.15, 0.2) is 11.6 Å². The van der Waals surface area contributed by atoms with Crippen LogP contribution in [-0.4, -0.2) is 50.6 Å². The maximum Gasteiger partial charge on any atom is 0.216 e. The Labute approximate surface area is 188 Å². The van der Waals surface area contributed by atoms with Gasteiger partial charge in [0.25, 0.3) is 0 Å². The van der Waals surface area contributed by atoms with Gasteiger partial charge in [-0.3, -0.25) is 0 Å². The molecule has 170 valence electrons. The van der Waals surface area contributed by atoms with Crippen LogP contribution in [0, 0.1) is 23.0 Å². The molecule has 1 saturated heterocycles. The van der Waals surface area contributed by atoms with Crippen LogP contribution in [0.3, 0.4) is 0 Å². The molecule has 11 heteroatoms. The van der Waals surface area contributed by atoms with Gasteiger partial charge in [-0.25, -0.2) is 27.2 Å². The molecule has 0 amide bonds. The number of nitrogens with one attached hydrogen (secondary N) is 1. The third-order valence-corrected chi connectivity index (χ3v) is 8.44. The van der Waals surface area contributed by atoms with Crippen molar-refractivity contribution in [3.05, 3.63) is 48.6 Å². The molecule has 1 aliphatic rings. The minimum Gasteiger partial charge on any atom is -0.346 e. The Hall–Kier alpha value is -3.36. The normalized spacial score (nSPS) is 16.4. The fourth-order valence-electron chi connectivity index (χ4n) is 4.47. The number of H-pyrrole nitrogens is 1. The summed E-state index contributed by atoms with van der Waals surface area (Å²) in [5.74, 6) is -2.03. The highest BCUT2D eigenvalue weighted by Crippen LogP contribution is 2.42. The van der Waals surface area contributed by atoms with Gasteiger partial charge in [-0.1, -0.05) is 0 Å². The molecule has 0 saturated carbocycles. The average Bonchev–Trinajstić information content (AvgIpc) is 3.35. The number of halogens is 2. The zero-order chi connectivity index (χ0) is 23.5. The molecule has 5 rings (SSSR count). The molecular formula is C22H20F2N6O2S. The SMILES string of the molecule is CC(C)S(=O)(=O)N1CC(CC#N)(n2cc(-c3ncnc4[nH]ccc34)c3cc(F)c(F)cc32)C1. The van der Waals surface area contributed by atoms with E-state index in [-0.39, 0.29) is 19.5 Å². The fraction of sp³-hybridized carbons (Fsp3) is 0.318. The lowest BCUT2D eigenvalue weighted by Crippen LogP contribution is -2.64. The van der Waals surface area contributed by atoms with E-state index >= 15 is 0 Å². The van der Waals surface area contributed by atoms with E-state index in [1.807, 2.05) is 0 Å². The maximum absolute atomic E-state index is 14.3. The molecule has 4 heterocycles. The molecule has 1 N–H and O–H groups in total. The number of rotatable bonds is 5. The van der Waals surface area contributed by atoms with E-state index in [4.69, 9.17) is 0 Å². The molecule has 1 aliphatic heterocycles. The molecule has 0 unspecified atom stereocenters. The molecule has 3 aromatic heterocycles. The van der Waals surface area contributed by atoms with Crippen LogP contribution >= 0.6 is 0 Å². The van der Waals surface area contributed by atoms with Crippen molar-refractivity contribution < 1.29 is 17.2 Å². The first-order valence-electron chi connectivity index (χ1n) is 10.3. The number of aromatic amines is 1. The summed E-state index contributed by atoms with van der Waals surface area (Å²) in [7, 11) is -3.52. The minimum absolute atomic E-state index is 0.00265. The Balaban J connectivity index is 1.73. The first kappa shape index (κ1) is 21.5. The van der Waals surface area contributed by atoms with Crippen LogP contribution in [-0.2, 0) is 15.6 Å². The Kier molecular flexibility index (Phi) is 4.77. The quantitative estimate of drug-likeness (QED) is 0.480. The largest absolute Gasteiger partial charge is 0.346 e. The molecule has 1 fully saturated rings. The highest BCUT2D eigenvalue weighted by molar-refractivity contribution is 7.89. The molecule has 4 aromatic rings. The lowest BCUT2D eigenvalue weighted by Gasteiger charge is -2.49. The number of nitrogens with zero attached hydrogens (tertiary/aromatic N) is 5. The lowest BCUT2D eigenvalue weighted by atomic mass is 9.88. The van der Waals surface area contributed by atoms with Gasteiger partial charge in [0.05, 0.1) is 34.5 Å². The van der Waals surface area contributed by atoms with Crippen molar-refractivity contribution in [3.8, 4) is 17.3 Å². The summed E-state index contributed by atoms with van der Waals surface area (Å²) in [6, 6.07) is 6.12. The number of nitriles is 1. The summed E-state index contributed by atoms with van der Waals surface area (Å²) in [6.07, 6.45) is 4.79. The van der Waals surface area contributed by atoms with Gasteiger partial charge in [-0.2, -0.15) is 9.57 Å². The Bertz CT molecular complexity index is 1540. The van der Waals surface area contributed by atoms with Crippen molar-refractivity contribution in [3.63, 3.8) is 0 Å². The predicted octanol–water partition coefficient (Wildman–Crippen LogP) is 3.52. The molecule has 0 radical (unpaired) electrons. The lowest BCUT2D eigenvalue weighted by molar-refractivity contribution is 0.0884. The molecule has 33 heavy (non-hydrogen) atoms. The Morgan fingerprint density at radius 1 is 1.21 bits per heavy atom. The Morgan fingerprint density at radius 3 is 2.64 bits per heavy atom. The fourth-order valence-corrected chi connectivity index (χ4v) is 5.91. The first-order chi connectivity index (χ1) is 15.7. The minimum atomic E-state index is -3.52. The topological polar surface area (TPSA) is 108 Å². The van der Waals surface area contributed by atoms with Crippen LogP contribution in [0.4, 0.5) is 8.78 Å². The smallest absolute Gasteiger partial charge is 0.216 e. The van der Waals surface area contributed by atoms with Crippen molar-refractivity contribution >= 4 is 32.0 Å². The number of hydrogen-bond donors (Lipinski definition) is 1. The van der Waals surface area contributed by atoms with Gasteiger partial charge in [-0.05, 0) is 26.0 Å². The van der Waals surface area contributed by atoms with Crippen molar-refractivity contribution in [2.24, 2.45) is 0 Å². The van der Waals surface area contributed by atoms with Crippen LogP contribution in [0.2, 0.25) is 0 Å². The van der Waals surface area contributed by atoms with Gasteiger partial charge >= 0.3 is 0 Å². The summed E-state index contributed by atoms with van der Waals surface area (Å²) in [4.78, 5) is 11.6. The number of sulfonamides is 1. The monoisotopic (exact) mass is 470 g/mol. The molecular weight excluding hydrogens is 450 g/mol. The Morgan fingerprint density at radius 2 is 1.94 bits per heavy atom. The van der Waals surface area contributed by atoms with E-state index in [2.05, 4.69) is 21.0 Å². The van der Waals surface area contributed by atoms with Crippen LogP contribution in [0.5, 0.6) is 0 Å². The van der Waals surface area contributed by atoms with Gasteiger partial charge < -0.3 is 9.55 Å². The van der Waals surface area contributed by atoms with Crippen LogP contribution < -0.4 is 0 Å². The van der Waals surface area contributed by atoms with Crippen molar-refractivity contribution in [1.29, 1.82) is 5.26 Å². The molecule has 0 atom stereocenters. The zero-order valence-corrected chi connectivity index (χ0v) is 18.7. The number of fused-ring (bicyclic) bond motifs is 2. The number of aromatic nitrogens is 4. The molecule has 1 aromatic carbocycles. The molecule has 0 spiro atoms. The van der Waals surface area contributed by atoms with Crippen LogP contribution in [0.25, 0.3) is 33.2 Å². The van der Waals surface area contributed by atoms with Gasteiger partial charge in [0.2, 0.25) is 10.0 Å². The first-order valence-corrected chi connectivity index (χ1v) is 11.8. The van der Waals surface area contributed by atoms with E-state index in [9.17, 15) is 22.5 Å². The standard InChI is InChI=1S/C22H20F2N6O2S/c1-13(2)33(31,32)29-10-22(11-29,4-5-25)30-9-16(15-7-17(23)18(24)8-19(15)30)20-14-3-6-26-21(14)28-12-27-20/h3,6-9,12-13H,4,10-11H2,1-2H3,(H,26,27,28). The second kappa shape index (κ2) is 7.33. The van der Waals surface area contributed by atoms with Crippen LogP contribution in [0.15, 0.2) is 36.9 Å². The van der Waals surface area contributed by atoms with Gasteiger partial charge in [-0.15, -0.1) is 0 Å². The average molecular weight is 471 g/mol. The third-order valence-electron chi connectivity index (χ3n) is 6.27. The van der Waals surface area contributed by atoms with Crippen LogP contribution in [0.1, 0.15) is 20.3 Å². The van der Waals surface area contributed by atoms with E-state index < -0.39 is 32.4 Å². The van der Waals surface area contributed by atoms with E-state index in [1.165, 1.54) is 10.6 Å². The predicted molar refractivity (Wildman–Crippen MR) is 119 cm³/mol. The van der Waals surface area contributed by atoms with E-state index in [0.29, 0.717) is 33.2 Å². The van der Waals surface area contributed by atoms with Crippen molar-refractivity contribution in [1.82, 2.24) is 23.8 Å². The highest BCUT2D eigenvalue weighted by Gasteiger charge is 2.50. The number of hydrogen-bond acceptors (Lipinski definition) is 5. The zero-order valence-electron chi connectivity index (χ0n) is 17.9. The highest BCUT2D eigenvalue weighted by atomic mass is 32.2. The van der Waals surface area contributed by atoms with E-state index in [1.54, 1.807) is 36.9 Å². The summed E-state index contributed by atoms with van der Waals surface area (Å²) in [5, 5.41) is 10.1. The van der Waals surface area contributed by atoms with Crippen molar-refractivity contribution in [2.75, 3.05) is 13.1 Å². The second-order valence-corrected chi connectivity index (χ2v) is 11.1. The number of benzene rings is 1. The summed E-state index contributed by atoms with van der Waals surface area (Å²) in [5.41, 5.74) is 1.10. The maximum atomic E-state index is 14.3.